The third-order valence-corrected chi connectivity index (χ3v) is 3.65. The molecule has 1 fully saturated rings. The molecule has 3 nitrogen and oxygen atoms in total. The number of nitrogens with zero attached hydrogens (tertiary/aromatic N) is 2. The fraction of sp³-hybridized carbons (Fsp3) is 0.538. The summed E-state index contributed by atoms with van der Waals surface area (Å²) in [6.45, 7) is 2.15. The summed E-state index contributed by atoms with van der Waals surface area (Å²) in [5, 5.41) is 0. The molecule has 92 valence electrons. The zero-order chi connectivity index (χ0) is 12.1. The number of hydrogen-bond acceptors (Lipinski definition) is 3. The largest absolute Gasteiger partial charge is 0.392 e. The summed E-state index contributed by atoms with van der Waals surface area (Å²) in [5.41, 5.74) is 7.13. The first kappa shape index (κ1) is 12.5. The molecule has 1 aliphatic rings. The van der Waals surface area contributed by atoms with Crippen LogP contribution in [0.5, 0.6) is 0 Å². The number of rotatable bonds is 4. The molecular formula is C13H19N3S. The zero-order valence-electron chi connectivity index (χ0n) is 10.0. The highest BCUT2D eigenvalue weighted by atomic mass is 32.1. The van der Waals surface area contributed by atoms with Crippen molar-refractivity contribution in [3.8, 4) is 0 Å². The second-order valence-electron chi connectivity index (χ2n) is 4.56. The summed E-state index contributed by atoms with van der Waals surface area (Å²) < 4.78 is 0. The standard InChI is InChI=1S/C13H19N3S/c14-13(17)12-3-1-2-9-16(12)10-6-11-4-7-15-8-5-11/h4-5,7-8,12H,1-3,6,9-10H2,(H2,14,17). The summed E-state index contributed by atoms with van der Waals surface area (Å²) in [6, 6.07) is 4.44. The van der Waals surface area contributed by atoms with Gasteiger partial charge in [-0.05, 0) is 43.5 Å². The Morgan fingerprint density at radius 1 is 1.41 bits per heavy atom. The molecule has 0 radical (unpaired) electrons. The van der Waals surface area contributed by atoms with Gasteiger partial charge < -0.3 is 5.73 Å². The van der Waals surface area contributed by atoms with Gasteiger partial charge in [0.2, 0.25) is 0 Å². The van der Waals surface area contributed by atoms with Crippen molar-refractivity contribution in [3.05, 3.63) is 30.1 Å². The van der Waals surface area contributed by atoms with Crippen molar-refractivity contribution in [2.75, 3.05) is 13.1 Å². The van der Waals surface area contributed by atoms with Crippen LogP contribution < -0.4 is 5.73 Å². The molecule has 17 heavy (non-hydrogen) atoms. The lowest BCUT2D eigenvalue weighted by atomic mass is 10.0. The monoisotopic (exact) mass is 249 g/mol. The predicted octanol–water partition coefficient (Wildman–Crippen LogP) is 1.76. The van der Waals surface area contributed by atoms with E-state index in [1.54, 1.807) is 0 Å². The minimum atomic E-state index is 0.306. The van der Waals surface area contributed by atoms with Crippen molar-refractivity contribution in [2.45, 2.75) is 31.7 Å². The van der Waals surface area contributed by atoms with E-state index in [4.69, 9.17) is 18.0 Å². The molecule has 1 saturated heterocycles. The maximum absolute atomic E-state index is 5.81. The van der Waals surface area contributed by atoms with Crippen molar-refractivity contribution in [2.24, 2.45) is 5.73 Å². The van der Waals surface area contributed by atoms with Crippen LogP contribution in [0.3, 0.4) is 0 Å². The van der Waals surface area contributed by atoms with Gasteiger partial charge in [0.15, 0.2) is 0 Å². The first-order chi connectivity index (χ1) is 8.27. The minimum absolute atomic E-state index is 0.306. The van der Waals surface area contributed by atoms with Gasteiger partial charge in [-0.15, -0.1) is 0 Å². The molecule has 0 aliphatic carbocycles. The summed E-state index contributed by atoms with van der Waals surface area (Å²) in [7, 11) is 0. The molecule has 1 aromatic heterocycles. The number of likely N-dealkylation sites (tertiary alicyclic amines) is 1. The Balaban J connectivity index is 1.90. The van der Waals surface area contributed by atoms with Gasteiger partial charge in [-0.2, -0.15) is 0 Å². The van der Waals surface area contributed by atoms with Gasteiger partial charge in [0.05, 0.1) is 11.0 Å². The van der Waals surface area contributed by atoms with E-state index in [-0.39, 0.29) is 0 Å². The topological polar surface area (TPSA) is 42.1 Å². The molecule has 0 aromatic carbocycles. The Morgan fingerprint density at radius 2 is 2.18 bits per heavy atom. The average molecular weight is 249 g/mol. The van der Waals surface area contributed by atoms with Crippen LogP contribution in [0.25, 0.3) is 0 Å². The number of aromatic nitrogens is 1. The smallest absolute Gasteiger partial charge is 0.0902 e. The fourth-order valence-electron chi connectivity index (χ4n) is 2.40. The number of nitrogens with two attached hydrogens (primary N) is 1. The van der Waals surface area contributed by atoms with E-state index in [1.165, 1.54) is 18.4 Å². The lowest BCUT2D eigenvalue weighted by Gasteiger charge is -2.34. The van der Waals surface area contributed by atoms with E-state index in [2.05, 4.69) is 22.0 Å². The SMILES string of the molecule is NC(=S)C1CCCCN1CCc1ccncc1. The Hall–Kier alpha value is -1.00. The van der Waals surface area contributed by atoms with E-state index in [0.29, 0.717) is 11.0 Å². The lowest BCUT2D eigenvalue weighted by Crippen LogP contribution is -2.47. The maximum atomic E-state index is 5.81. The first-order valence-electron chi connectivity index (χ1n) is 6.19. The molecule has 2 heterocycles. The van der Waals surface area contributed by atoms with Crippen LogP contribution in [-0.4, -0.2) is 34.0 Å². The summed E-state index contributed by atoms with van der Waals surface area (Å²) in [6.07, 6.45) is 8.35. The molecule has 2 rings (SSSR count). The second-order valence-corrected chi connectivity index (χ2v) is 5.03. The normalized spacial score (nSPS) is 21.3. The van der Waals surface area contributed by atoms with Crippen molar-refractivity contribution < 1.29 is 0 Å². The lowest BCUT2D eigenvalue weighted by molar-refractivity contribution is 0.195. The molecule has 1 unspecified atom stereocenters. The Kier molecular flexibility index (Phi) is 4.45. The Morgan fingerprint density at radius 3 is 2.88 bits per heavy atom. The number of hydrogen-bond donors (Lipinski definition) is 1. The van der Waals surface area contributed by atoms with Crippen molar-refractivity contribution in [3.63, 3.8) is 0 Å². The highest BCUT2D eigenvalue weighted by molar-refractivity contribution is 7.80. The Labute approximate surface area is 108 Å². The predicted molar refractivity (Wildman–Crippen MR) is 73.9 cm³/mol. The quantitative estimate of drug-likeness (QED) is 0.826. The molecule has 0 spiro atoms. The van der Waals surface area contributed by atoms with Crippen molar-refractivity contribution in [1.29, 1.82) is 0 Å². The third-order valence-electron chi connectivity index (χ3n) is 3.38. The highest BCUT2D eigenvalue weighted by Crippen LogP contribution is 2.17. The van der Waals surface area contributed by atoms with Gasteiger partial charge in [-0.25, -0.2) is 0 Å². The van der Waals surface area contributed by atoms with Crippen LogP contribution in [0.4, 0.5) is 0 Å². The molecule has 2 N–H and O–H groups in total. The molecule has 0 bridgehead atoms. The van der Waals surface area contributed by atoms with Gasteiger partial charge in [-0.1, -0.05) is 18.6 Å². The van der Waals surface area contributed by atoms with Gasteiger partial charge in [0.25, 0.3) is 0 Å². The van der Waals surface area contributed by atoms with Crippen LogP contribution in [0, 0.1) is 0 Å². The number of piperidine rings is 1. The Bertz CT molecular complexity index is 366. The molecule has 1 aliphatic heterocycles. The third kappa shape index (κ3) is 3.48. The molecule has 1 aromatic rings. The summed E-state index contributed by atoms with van der Waals surface area (Å²) in [5.74, 6) is 0. The van der Waals surface area contributed by atoms with Gasteiger partial charge in [0.1, 0.15) is 0 Å². The van der Waals surface area contributed by atoms with Crippen molar-refractivity contribution in [1.82, 2.24) is 9.88 Å². The zero-order valence-corrected chi connectivity index (χ0v) is 10.8. The van der Waals surface area contributed by atoms with E-state index in [0.717, 1.165) is 25.9 Å². The van der Waals surface area contributed by atoms with E-state index in [9.17, 15) is 0 Å². The van der Waals surface area contributed by atoms with Crippen molar-refractivity contribution >= 4 is 17.2 Å². The number of thiocarbonyl (C=S) groups is 1. The van der Waals surface area contributed by atoms with Crippen LogP contribution >= 0.6 is 12.2 Å². The summed E-state index contributed by atoms with van der Waals surface area (Å²) in [4.78, 5) is 7.10. The average Bonchev–Trinajstić information content (AvgIpc) is 2.38. The van der Waals surface area contributed by atoms with E-state index < -0.39 is 0 Å². The molecular weight excluding hydrogens is 230 g/mol. The maximum Gasteiger partial charge on any atom is 0.0902 e. The fourth-order valence-corrected chi connectivity index (χ4v) is 2.67. The van der Waals surface area contributed by atoms with Crippen LogP contribution in [0.1, 0.15) is 24.8 Å². The second kappa shape index (κ2) is 6.07. The van der Waals surface area contributed by atoms with E-state index >= 15 is 0 Å². The van der Waals surface area contributed by atoms with Gasteiger partial charge >= 0.3 is 0 Å². The molecule has 0 amide bonds. The molecule has 1 atom stereocenters. The van der Waals surface area contributed by atoms with Gasteiger partial charge in [0, 0.05) is 18.9 Å². The first-order valence-corrected chi connectivity index (χ1v) is 6.60. The van der Waals surface area contributed by atoms with Crippen LogP contribution in [-0.2, 0) is 6.42 Å². The van der Waals surface area contributed by atoms with E-state index in [1.807, 2.05) is 12.4 Å². The highest BCUT2D eigenvalue weighted by Gasteiger charge is 2.23. The van der Waals surface area contributed by atoms with Crippen LogP contribution in [0.2, 0.25) is 0 Å². The number of pyridine rings is 1. The molecule has 0 saturated carbocycles. The van der Waals surface area contributed by atoms with Crippen LogP contribution in [0.15, 0.2) is 24.5 Å². The summed E-state index contributed by atoms with van der Waals surface area (Å²) >= 11 is 5.15. The van der Waals surface area contributed by atoms with Gasteiger partial charge in [-0.3, -0.25) is 9.88 Å². The minimum Gasteiger partial charge on any atom is -0.392 e. The molecule has 4 heteroatoms.